The zero-order chi connectivity index (χ0) is 49.7. The lowest BCUT2D eigenvalue weighted by molar-refractivity contribution is -0.146. The maximum Gasteiger partial charge on any atom is 0.410 e. The summed E-state index contributed by atoms with van der Waals surface area (Å²) in [6.07, 6.45) is -0.730. The number of rotatable bonds is 20. The minimum absolute atomic E-state index is 0.00176. The van der Waals surface area contributed by atoms with E-state index in [1.165, 1.54) is 7.11 Å². The Bertz CT molecular complexity index is 1840. The predicted octanol–water partition coefficient (Wildman–Crippen LogP) is 4.53. The summed E-state index contributed by atoms with van der Waals surface area (Å²) in [4.78, 5) is 93.3. The number of amides is 4. The van der Waals surface area contributed by atoms with Gasteiger partial charge < -0.3 is 53.7 Å². The van der Waals surface area contributed by atoms with Crippen LogP contribution >= 0.6 is 7.37 Å². The molecule has 374 valence electrons. The Morgan fingerprint density at radius 2 is 1.53 bits per heavy atom. The number of carbonyl (C=O) groups excluding carboxylic acids is 5. The molecule has 2 heterocycles. The second-order valence-corrected chi connectivity index (χ2v) is 21.7. The Balaban J connectivity index is 1.83. The lowest BCUT2D eigenvalue weighted by atomic mass is 9.89. The topological polar surface area (TPSA) is 200 Å². The zero-order valence-corrected chi connectivity index (χ0v) is 42.9. The molecule has 0 saturated carbocycles. The van der Waals surface area contributed by atoms with Crippen molar-refractivity contribution in [1.29, 1.82) is 0 Å². The molecule has 1 aromatic rings. The molecule has 2 fully saturated rings. The van der Waals surface area contributed by atoms with Crippen LogP contribution in [-0.2, 0) is 49.1 Å². The molecule has 0 radical (unpaired) electrons. The summed E-state index contributed by atoms with van der Waals surface area (Å²) >= 11 is 0. The summed E-state index contributed by atoms with van der Waals surface area (Å²) in [7, 11) is 5.36. The van der Waals surface area contributed by atoms with E-state index in [0.717, 1.165) is 7.11 Å². The van der Waals surface area contributed by atoms with Crippen LogP contribution in [0.5, 0.6) is 0 Å². The molecule has 2 aliphatic rings. The van der Waals surface area contributed by atoms with Gasteiger partial charge in [0, 0.05) is 74.5 Å². The van der Waals surface area contributed by atoms with Crippen molar-refractivity contribution in [3.63, 3.8) is 0 Å². The summed E-state index contributed by atoms with van der Waals surface area (Å²) in [5.41, 5.74) is 0.0898. The van der Waals surface area contributed by atoms with Crippen molar-refractivity contribution in [3.05, 3.63) is 35.9 Å². The number of guanidine groups is 1. The monoisotopic (exact) mass is 950 g/mol. The number of ether oxygens (including phenoxy) is 4. The zero-order valence-electron chi connectivity index (χ0n) is 42.0. The Hall–Kier alpha value is -4.25. The number of likely N-dealkylation sites (tertiary alicyclic amines) is 1. The quantitative estimate of drug-likeness (QED) is 0.0801. The van der Waals surface area contributed by atoms with Crippen molar-refractivity contribution in [3.8, 4) is 0 Å². The van der Waals surface area contributed by atoms with E-state index in [4.69, 9.17) is 19.2 Å². The molecule has 19 heteroatoms. The lowest BCUT2D eigenvalue weighted by Gasteiger charge is -2.41. The van der Waals surface area contributed by atoms with Gasteiger partial charge in [-0.25, -0.2) is 9.79 Å². The van der Waals surface area contributed by atoms with Crippen LogP contribution < -0.4 is 5.32 Å². The third kappa shape index (κ3) is 15.4. The summed E-state index contributed by atoms with van der Waals surface area (Å²) < 4.78 is 35.9. The SMILES string of the molecule is CC[C@H](C)[C@@H]([C@@H](CC(=O)N1CCC[C@H]1[C@H](OC)[C@@H](C)C(=O)N[C@@H](Cc1ccccc1)P(=O)(O)CC(=O)OC)OC)N(C)C(=O)[C@@H](N=C(N(C)C)N1CCN(C(=O)OC(C)(C)C)CC1)C(C)C. The molecule has 2 N–H and O–H groups in total. The van der Waals surface area contributed by atoms with Crippen LogP contribution in [0.25, 0.3) is 0 Å². The third-order valence-corrected chi connectivity index (χ3v) is 14.7. The van der Waals surface area contributed by atoms with Gasteiger partial charge in [0.05, 0.1) is 43.7 Å². The lowest BCUT2D eigenvalue weighted by Crippen LogP contribution is -2.56. The molecule has 0 spiro atoms. The number of nitrogens with zero attached hydrogens (tertiary/aromatic N) is 6. The number of hydrogen-bond donors (Lipinski definition) is 2. The second kappa shape index (κ2) is 25.2. The number of esters is 1. The second-order valence-electron chi connectivity index (χ2n) is 19.3. The summed E-state index contributed by atoms with van der Waals surface area (Å²) in [5, 5.41) is 2.75. The number of carbonyl (C=O) groups is 5. The van der Waals surface area contributed by atoms with Crippen LogP contribution in [0.1, 0.15) is 86.6 Å². The van der Waals surface area contributed by atoms with Crippen LogP contribution in [0.15, 0.2) is 35.3 Å². The molecule has 9 atom stereocenters. The van der Waals surface area contributed by atoms with Gasteiger partial charge >= 0.3 is 12.1 Å². The maximum absolute atomic E-state index is 14.7. The fourth-order valence-corrected chi connectivity index (χ4v) is 10.4. The van der Waals surface area contributed by atoms with Gasteiger partial charge in [-0.2, -0.15) is 0 Å². The van der Waals surface area contributed by atoms with Crippen molar-refractivity contribution in [2.24, 2.45) is 22.7 Å². The highest BCUT2D eigenvalue weighted by Crippen LogP contribution is 2.46. The molecule has 18 nitrogen and oxygen atoms in total. The first-order valence-corrected chi connectivity index (χ1v) is 25.1. The maximum atomic E-state index is 14.7. The fraction of sp³-hybridized carbons (Fsp3) is 0.745. The third-order valence-electron chi connectivity index (χ3n) is 12.7. The van der Waals surface area contributed by atoms with Gasteiger partial charge in [-0.1, -0.05) is 71.4 Å². The standard InChI is InChI=1S/C47H80N7O11P/c1-15-32(4)41(51(11)44(58)40(31(2)3)49-45(50(9)10)52-24-26-53(27-25-52)46(59)65-47(6,7)8)36(62-12)29-38(55)54-23-19-22-35(54)42(64-14)33(5)43(57)48-37(28-34-20-17-16-18-21-34)66(60,61)30-39(56)63-13/h16-18,20-21,31-33,35-37,40-42H,15,19,22-30H2,1-14H3,(H,48,57)(H,60,61)/t32-,33+,35-,36+,37+,40-,41-,42+/m0/s1. The smallest absolute Gasteiger partial charge is 0.410 e. The molecule has 0 aliphatic carbocycles. The largest absolute Gasteiger partial charge is 0.469 e. The van der Waals surface area contributed by atoms with Crippen molar-refractivity contribution >= 4 is 43.1 Å². The van der Waals surface area contributed by atoms with Crippen molar-refractivity contribution < 1.29 is 52.4 Å². The fourth-order valence-electron chi connectivity index (χ4n) is 8.81. The van der Waals surface area contributed by atoms with Crippen LogP contribution in [-0.4, -0.2) is 188 Å². The molecule has 3 rings (SSSR count). The molecule has 0 bridgehead atoms. The van der Waals surface area contributed by atoms with Crippen LogP contribution in [0, 0.1) is 17.8 Å². The summed E-state index contributed by atoms with van der Waals surface area (Å²) in [5.74, 6) is -3.63. The van der Waals surface area contributed by atoms with Gasteiger partial charge in [0.15, 0.2) is 5.96 Å². The normalized spacial score (nSPS) is 20.0. The molecular weight excluding hydrogens is 870 g/mol. The number of nitrogens with one attached hydrogen (secondary N) is 1. The van der Waals surface area contributed by atoms with E-state index in [0.29, 0.717) is 63.5 Å². The van der Waals surface area contributed by atoms with E-state index in [1.807, 2.05) is 73.5 Å². The molecule has 0 aromatic heterocycles. The highest BCUT2D eigenvalue weighted by molar-refractivity contribution is 7.59. The van der Waals surface area contributed by atoms with E-state index in [1.54, 1.807) is 60.0 Å². The number of benzene rings is 1. The number of aliphatic imine (C=N–C) groups is 1. The highest BCUT2D eigenvalue weighted by Gasteiger charge is 2.44. The van der Waals surface area contributed by atoms with E-state index in [2.05, 4.69) is 15.0 Å². The minimum Gasteiger partial charge on any atom is -0.469 e. The number of piperazine rings is 1. The molecule has 66 heavy (non-hydrogen) atoms. The highest BCUT2D eigenvalue weighted by atomic mass is 31.2. The first kappa shape index (κ1) is 56.1. The molecule has 4 amide bonds. The van der Waals surface area contributed by atoms with Gasteiger partial charge in [-0.3, -0.25) is 23.7 Å². The van der Waals surface area contributed by atoms with Gasteiger partial charge in [-0.05, 0) is 51.0 Å². The van der Waals surface area contributed by atoms with Gasteiger partial charge in [-0.15, -0.1) is 0 Å². The van der Waals surface area contributed by atoms with E-state index >= 15 is 0 Å². The molecule has 1 unspecified atom stereocenters. The predicted molar refractivity (Wildman–Crippen MR) is 254 cm³/mol. The minimum atomic E-state index is -4.30. The Morgan fingerprint density at radius 1 is 0.924 bits per heavy atom. The van der Waals surface area contributed by atoms with Crippen molar-refractivity contribution in [2.45, 2.75) is 129 Å². The Labute approximate surface area is 393 Å². The Kier molecular flexibility index (Phi) is 21.4. The van der Waals surface area contributed by atoms with Crippen LogP contribution in [0.2, 0.25) is 0 Å². The van der Waals surface area contributed by atoms with Gasteiger partial charge in [0.2, 0.25) is 25.1 Å². The number of likely N-dealkylation sites (N-methyl/N-ethyl adjacent to an activating group) is 1. The van der Waals surface area contributed by atoms with E-state index in [-0.39, 0.29) is 42.6 Å². The number of hydrogen-bond acceptors (Lipinski definition) is 11. The first-order chi connectivity index (χ1) is 30.9. The van der Waals surface area contributed by atoms with E-state index < -0.39 is 73.0 Å². The van der Waals surface area contributed by atoms with Crippen molar-refractivity contribution in [2.75, 3.05) is 81.4 Å². The van der Waals surface area contributed by atoms with Gasteiger partial charge in [0.25, 0.3) is 0 Å². The average molecular weight is 950 g/mol. The molecule has 1 aromatic carbocycles. The Morgan fingerprint density at radius 3 is 2.05 bits per heavy atom. The molecule has 2 aliphatic heterocycles. The average Bonchev–Trinajstić information content (AvgIpc) is 3.75. The first-order valence-electron chi connectivity index (χ1n) is 23.2. The van der Waals surface area contributed by atoms with Crippen LogP contribution in [0.4, 0.5) is 4.79 Å². The molecular formula is C47H80N7O11P. The van der Waals surface area contributed by atoms with Crippen molar-refractivity contribution in [1.82, 2.24) is 29.8 Å². The van der Waals surface area contributed by atoms with E-state index in [9.17, 15) is 33.4 Å². The molecule has 2 saturated heterocycles. The number of methoxy groups -OCH3 is 3. The van der Waals surface area contributed by atoms with Crippen LogP contribution in [0.3, 0.4) is 0 Å². The summed E-state index contributed by atoms with van der Waals surface area (Å²) in [6, 6.07) is 7.14. The van der Waals surface area contributed by atoms with Gasteiger partial charge in [0.1, 0.15) is 23.6 Å². The summed E-state index contributed by atoms with van der Waals surface area (Å²) in [6.45, 7) is 17.5.